The fourth-order valence-corrected chi connectivity index (χ4v) is 2.64. The van der Waals surface area contributed by atoms with Crippen molar-refractivity contribution in [1.82, 2.24) is 0 Å². The maximum atomic E-state index is 13.9. The van der Waals surface area contributed by atoms with Crippen molar-refractivity contribution < 1.29 is 13.5 Å². The van der Waals surface area contributed by atoms with Crippen molar-refractivity contribution in [2.45, 2.75) is 19.3 Å². The summed E-state index contributed by atoms with van der Waals surface area (Å²) in [6.07, 6.45) is 0.519. The van der Waals surface area contributed by atoms with E-state index >= 15 is 0 Å². The topological polar surface area (TPSA) is 35.2 Å². The number of hydrogen-bond donors (Lipinski definition) is 1. The molecule has 22 heavy (non-hydrogen) atoms. The van der Waals surface area contributed by atoms with Gasteiger partial charge in [0.05, 0.1) is 11.6 Å². The maximum Gasteiger partial charge on any atom is 0.137 e. The summed E-state index contributed by atoms with van der Waals surface area (Å²) >= 11 is 6.15. The van der Waals surface area contributed by atoms with Crippen LogP contribution in [0.4, 0.5) is 8.78 Å². The molecule has 118 valence electrons. The summed E-state index contributed by atoms with van der Waals surface area (Å²) in [5.74, 6) is -0.798. The summed E-state index contributed by atoms with van der Waals surface area (Å²) in [7, 11) is 0. The Morgan fingerprint density at radius 3 is 2.55 bits per heavy atom. The highest BCUT2D eigenvalue weighted by molar-refractivity contribution is 6.32. The number of halogens is 3. The molecule has 0 saturated heterocycles. The van der Waals surface area contributed by atoms with Crippen molar-refractivity contribution in [1.29, 1.82) is 0 Å². The van der Waals surface area contributed by atoms with Gasteiger partial charge in [0.1, 0.15) is 17.4 Å². The summed E-state index contributed by atoms with van der Waals surface area (Å²) in [4.78, 5) is 0. The number of rotatable bonds is 6. The quantitative estimate of drug-likeness (QED) is 0.859. The number of nitrogens with two attached hydrogens (primary N) is 1. The lowest BCUT2D eigenvalue weighted by Crippen LogP contribution is -2.16. The van der Waals surface area contributed by atoms with Crippen LogP contribution in [0.1, 0.15) is 24.0 Å². The molecule has 2 N–H and O–H groups in total. The predicted octanol–water partition coefficient (Wildman–Crippen LogP) is 4.30. The molecule has 0 aliphatic carbocycles. The Labute approximate surface area is 133 Å². The number of ether oxygens (including phenoxy) is 1. The number of hydrogen-bond acceptors (Lipinski definition) is 2. The molecule has 1 unspecified atom stereocenters. The van der Waals surface area contributed by atoms with Crippen LogP contribution in [0.2, 0.25) is 5.02 Å². The van der Waals surface area contributed by atoms with Crippen molar-refractivity contribution in [3.63, 3.8) is 0 Å². The molecule has 5 heteroatoms. The van der Waals surface area contributed by atoms with Crippen LogP contribution in [0.5, 0.6) is 5.75 Å². The zero-order valence-electron chi connectivity index (χ0n) is 12.3. The van der Waals surface area contributed by atoms with E-state index in [1.165, 1.54) is 12.1 Å². The van der Waals surface area contributed by atoms with Crippen LogP contribution in [0.15, 0.2) is 36.4 Å². The highest BCUT2D eigenvalue weighted by Crippen LogP contribution is 2.29. The lowest BCUT2D eigenvalue weighted by Gasteiger charge is -2.17. The van der Waals surface area contributed by atoms with E-state index in [1.54, 1.807) is 12.1 Å². The van der Waals surface area contributed by atoms with Crippen molar-refractivity contribution >= 4 is 11.6 Å². The van der Waals surface area contributed by atoms with Gasteiger partial charge < -0.3 is 10.5 Å². The molecule has 0 bridgehead atoms. The SMILES string of the molecule is CCOc1ccc(CC(CN)c2ccc(F)cc2F)cc1Cl. The molecule has 0 amide bonds. The molecule has 2 aromatic rings. The van der Waals surface area contributed by atoms with E-state index in [0.717, 1.165) is 11.6 Å². The van der Waals surface area contributed by atoms with E-state index in [9.17, 15) is 8.78 Å². The molecule has 0 aliphatic rings. The van der Waals surface area contributed by atoms with Gasteiger partial charge in [0, 0.05) is 12.0 Å². The van der Waals surface area contributed by atoms with Crippen molar-refractivity contribution in [2.24, 2.45) is 5.73 Å². The maximum absolute atomic E-state index is 13.9. The van der Waals surface area contributed by atoms with Crippen molar-refractivity contribution in [3.8, 4) is 5.75 Å². The monoisotopic (exact) mass is 325 g/mol. The predicted molar refractivity (Wildman–Crippen MR) is 84.5 cm³/mol. The second-order valence-electron chi connectivity index (χ2n) is 5.00. The zero-order valence-corrected chi connectivity index (χ0v) is 13.0. The largest absolute Gasteiger partial charge is 0.492 e. The second-order valence-corrected chi connectivity index (χ2v) is 5.41. The van der Waals surface area contributed by atoms with Crippen molar-refractivity contribution in [3.05, 3.63) is 64.2 Å². The summed E-state index contributed by atoms with van der Waals surface area (Å²) in [6, 6.07) is 9.02. The molecule has 0 radical (unpaired) electrons. The Balaban J connectivity index is 2.21. The third-order valence-electron chi connectivity index (χ3n) is 3.47. The molecule has 0 heterocycles. The highest BCUT2D eigenvalue weighted by Gasteiger charge is 2.16. The van der Waals surface area contributed by atoms with Crippen LogP contribution in [0.25, 0.3) is 0 Å². The smallest absolute Gasteiger partial charge is 0.137 e. The van der Waals surface area contributed by atoms with Crippen molar-refractivity contribution in [2.75, 3.05) is 13.2 Å². The van der Waals surface area contributed by atoms with Gasteiger partial charge in [-0.3, -0.25) is 0 Å². The Morgan fingerprint density at radius 1 is 1.18 bits per heavy atom. The van der Waals surface area contributed by atoms with Gasteiger partial charge in [0.2, 0.25) is 0 Å². The molecular weight excluding hydrogens is 308 g/mol. The minimum atomic E-state index is -0.596. The summed E-state index contributed by atoms with van der Waals surface area (Å²) in [5.41, 5.74) is 7.09. The number of benzene rings is 2. The molecule has 0 fully saturated rings. The molecular formula is C17H18ClF2NO. The van der Waals surface area contributed by atoms with Gasteiger partial charge in [0.15, 0.2) is 0 Å². The van der Waals surface area contributed by atoms with Gasteiger partial charge in [-0.2, -0.15) is 0 Å². The fourth-order valence-electron chi connectivity index (χ4n) is 2.38. The minimum absolute atomic E-state index is 0.241. The summed E-state index contributed by atoms with van der Waals surface area (Å²) in [5, 5.41) is 0.509. The average Bonchev–Trinajstić information content (AvgIpc) is 2.48. The van der Waals surface area contributed by atoms with Gasteiger partial charge in [-0.25, -0.2) is 8.78 Å². The van der Waals surface area contributed by atoms with Gasteiger partial charge in [-0.1, -0.05) is 23.7 Å². The summed E-state index contributed by atoms with van der Waals surface area (Å²) in [6.45, 7) is 2.67. The van der Waals surface area contributed by atoms with E-state index in [0.29, 0.717) is 29.4 Å². The highest BCUT2D eigenvalue weighted by atomic mass is 35.5. The first-order chi connectivity index (χ1) is 10.5. The molecule has 0 aromatic heterocycles. The average molecular weight is 326 g/mol. The van der Waals surface area contributed by atoms with E-state index in [2.05, 4.69) is 0 Å². The van der Waals surface area contributed by atoms with E-state index in [-0.39, 0.29) is 12.5 Å². The van der Waals surface area contributed by atoms with Gasteiger partial charge in [-0.15, -0.1) is 0 Å². The van der Waals surface area contributed by atoms with E-state index < -0.39 is 11.6 Å². The molecule has 2 rings (SSSR count). The standard InChI is InChI=1S/C17H18ClF2NO/c1-2-22-17-6-3-11(8-15(17)18)7-12(10-21)14-5-4-13(19)9-16(14)20/h3-6,8-9,12H,2,7,10,21H2,1H3. The van der Waals surface area contributed by atoms with Crippen LogP contribution in [-0.2, 0) is 6.42 Å². The van der Waals surface area contributed by atoms with E-state index in [1.807, 2.05) is 13.0 Å². The van der Waals surface area contributed by atoms with Crippen LogP contribution < -0.4 is 10.5 Å². The second kappa shape index (κ2) is 7.56. The Hall–Kier alpha value is -1.65. The zero-order chi connectivity index (χ0) is 16.1. The fraction of sp³-hybridized carbons (Fsp3) is 0.294. The lowest BCUT2D eigenvalue weighted by atomic mass is 9.91. The third-order valence-corrected chi connectivity index (χ3v) is 3.76. The Bertz CT molecular complexity index is 649. The van der Waals surface area contributed by atoms with Gasteiger partial charge in [-0.05, 0) is 49.2 Å². The summed E-state index contributed by atoms with van der Waals surface area (Å²) < 4.78 is 32.3. The first-order valence-electron chi connectivity index (χ1n) is 7.11. The van der Waals surface area contributed by atoms with E-state index in [4.69, 9.17) is 22.1 Å². The normalized spacial score (nSPS) is 12.2. The molecule has 0 aliphatic heterocycles. The Kier molecular flexibility index (Phi) is 5.75. The molecule has 2 nitrogen and oxygen atoms in total. The molecule has 0 spiro atoms. The van der Waals surface area contributed by atoms with Crippen LogP contribution in [0, 0.1) is 11.6 Å². The van der Waals surface area contributed by atoms with Crippen LogP contribution >= 0.6 is 11.6 Å². The molecule has 1 atom stereocenters. The van der Waals surface area contributed by atoms with Crippen LogP contribution in [-0.4, -0.2) is 13.2 Å². The Morgan fingerprint density at radius 2 is 1.95 bits per heavy atom. The van der Waals surface area contributed by atoms with Gasteiger partial charge in [0.25, 0.3) is 0 Å². The first-order valence-corrected chi connectivity index (χ1v) is 7.49. The minimum Gasteiger partial charge on any atom is -0.492 e. The lowest BCUT2D eigenvalue weighted by molar-refractivity contribution is 0.340. The van der Waals surface area contributed by atoms with Crippen LogP contribution in [0.3, 0.4) is 0 Å². The first kappa shape index (κ1) is 16.7. The van der Waals surface area contributed by atoms with Gasteiger partial charge >= 0.3 is 0 Å². The molecule has 0 saturated carbocycles. The third kappa shape index (κ3) is 3.96. The molecule has 2 aromatic carbocycles.